The lowest BCUT2D eigenvalue weighted by molar-refractivity contribution is -0.134. The van der Waals surface area contributed by atoms with Gasteiger partial charge in [0, 0.05) is 45.7 Å². The quantitative estimate of drug-likeness (QED) is 0.693. The number of piperidine rings is 1. The van der Waals surface area contributed by atoms with Gasteiger partial charge in [-0.05, 0) is 45.6 Å². The first-order valence-corrected chi connectivity index (χ1v) is 10.9. The summed E-state index contributed by atoms with van der Waals surface area (Å²) < 4.78 is 5.28. The Hall–Kier alpha value is -2.77. The van der Waals surface area contributed by atoms with Gasteiger partial charge in [-0.25, -0.2) is 9.59 Å². The minimum absolute atomic E-state index is 0.0123. The Bertz CT molecular complexity index is 733. The number of hydrogen-bond acceptors (Lipinski definition) is 4. The summed E-state index contributed by atoms with van der Waals surface area (Å²) in [5.74, 6) is -0.0123. The highest BCUT2D eigenvalue weighted by Gasteiger charge is 2.27. The van der Waals surface area contributed by atoms with Crippen molar-refractivity contribution < 1.29 is 19.1 Å². The van der Waals surface area contributed by atoms with Gasteiger partial charge >= 0.3 is 12.1 Å². The van der Waals surface area contributed by atoms with Crippen molar-refractivity contribution in [3.63, 3.8) is 0 Å². The molecule has 2 rings (SSSR count). The Morgan fingerprint density at radius 3 is 2.52 bits per heavy atom. The van der Waals surface area contributed by atoms with Gasteiger partial charge in [0.25, 0.3) is 0 Å². The zero-order valence-corrected chi connectivity index (χ0v) is 19.1. The number of carbonyl (C=O) groups excluding carboxylic acids is 3. The fraction of sp³-hybridized carbons (Fsp3) is 0.609. The van der Waals surface area contributed by atoms with Crippen LogP contribution in [-0.4, -0.2) is 66.2 Å². The fourth-order valence-electron chi connectivity index (χ4n) is 3.54. The van der Waals surface area contributed by atoms with Gasteiger partial charge < -0.3 is 25.2 Å². The first-order chi connectivity index (χ1) is 14.7. The molecular formula is C23H36N4O4. The lowest BCUT2D eigenvalue weighted by atomic mass is 10.0. The Balaban J connectivity index is 1.76. The van der Waals surface area contributed by atoms with Crippen LogP contribution in [0.4, 0.5) is 9.59 Å². The van der Waals surface area contributed by atoms with Crippen molar-refractivity contribution in [1.29, 1.82) is 0 Å². The first kappa shape index (κ1) is 24.5. The van der Waals surface area contributed by atoms with Crippen LogP contribution in [-0.2, 0) is 16.1 Å². The van der Waals surface area contributed by atoms with E-state index in [0.717, 1.165) is 24.8 Å². The molecule has 1 aliphatic heterocycles. The van der Waals surface area contributed by atoms with Crippen molar-refractivity contribution in [3.8, 4) is 0 Å². The Morgan fingerprint density at radius 1 is 1.13 bits per heavy atom. The summed E-state index contributed by atoms with van der Waals surface area (Å²) in [5, 5.41) is 5.59. The Labute approximate surface area is 185 Å². The van der Waals surface area contributed by atoms with E-state index in [0.29, 0.717) is 19.6 Å². The molecule has 0 spiro atoms. The van der Waals surface area contributed by atoms with Crippen LogP contribution < -0.4 is 10.6 Å². The van der Waals surface area contributed by atoms with Crippen LogP contribution >= 0.6 is 0 Å². The monoisotopic (exact) mass is 432 g/mol. The molecule has 0 saturated carbocycles. The van der Waals surface area contributed by atoms with E-state index in [1.165, 1.54) is 0 Å². The molecule has 8 nitrogen and oxygen atoms in total. The van der Waals surface area contributed by atoms with Crippen LogP contribution in [0.5, 0.6) is 0 Å². The lowest BCUT2D eigenvalue weighted by Crippen LogP contribution is -2.50. The van der Waals surface area contributed by atoms with E-state index in [1.807, 2.05) is 56.0 Å². The number of alkyl carbamates (subject to hydrolysis) is 1. The van der Waals surface area contributed by atoms with Crippen molar-refractivity contribution in [2.24, 2.45) is 0 Å². The van der Waals surface area contributed by atoms with Crippen molar-refractivity contribution in [1.82, 2.24) is 20.4 Å². The second kappa shape index (κ2) is 11.6. The van der Waals surface area contributed by atoms with Crippen LogP contribution in [0.25, 0.3) is 0 Å². The molecule has 0 aromatic heterocycles. The van der Waals surface area contributed by atoms with Crippen LogP contribution in [0.15, 0.2) is 30.3 Å². The van der Waals surface area contributed by atoms with Crippen molar-refractivity contribution in [2.75, 3.05) is 26.7 Å². The molecular weight excluding hydrogens is 396 g/mol. The molecule has 1 aromatic carbocycles. The maximum absolute atomic E-state index is 12.7. The lowest BCUT2D eigenvalue weighted by Gasteiger charge is -2.36. The molecule has 0 radical (unpaired) electrons. The van der Waals surface area contributed by atoms with E-state index >= 15 is 0 Å². The molecule has 8 heteroatoms. The molecule has 1 aromatic rings. The molecule has 4 amide bonds. The number of amides is 4. The van der Waals surface area contributed by atoms with Gasteiger partial charge in [-0.3, -0.25) is 4.79 Å². The molecule has 1 fully saturated rings. The summed E-state index contributed by atoms with van der Waals surface area (Å²) in [4.78, 5) is 40.4. The van der Waals surface area contributed by atoms with E-state index in [2.05, 4.69) is 10.6 Å². The van der Waals surface area contributed by atoms with Gasteiger partial charge in [-0.2, -0.15) is 0 Å². The summed E-state index contributed by atoms with van der Waals surface area (Å²) in [6.45, 7) is 7.26. The third-order valence-corrected chi connectivity index (χ3v) is 5.05. The number of hydrogen-bond donors (Lipinski definition) is 2. The molecule has 0 bridgehead atoms. The molecule has 172 valence electrons. The minimum atomic E-state index is -0.558. The number of carbonyl (C=O) groups is 3. The number of benzene rings is 1. The van der Waals surface area contributed by atoms with Crippen LogP contribution in [0, 0.1) is 0 Å². The standard InChI is InChI=1S/C23H36N4O4/c1-23(2,3)31-22(30)25-16-19-12-8-9-15-27(19)20(28)13-14-24-21(29)26(4)17-18-10-6-5-7-11-18/h5-7,10-11,19H,8-9,12-17H2,1-4H3,(H,24,29)(H,25,30). The van der Waals surface area contributed by atoms with E-state index in [9.17, 15) is 14.4 Å². The van der Waals surface area contributed by atoms with Crippen molar-refractivity contribution >= 4 is 18.0 Å². The molecule has 0 aliphatic carbocycles. The summed E-state index contributed by atoms with van der Waals surface area (Å²) in [6, 6.07) is 9.48. The molecule has 1 unspecified atom stereocenters. The molecule has 1 atom stereocenters. The van der Waals surface area contributed by atoms with Gasteiger partial charge in [0.05, 0.1) is 0 Å². The SMILES string of the molecule is CN(Cc1ccccc1)C(=O)NCCC(=O)N1CCCCC1CNC(=O)OC(C)(C)C. The zero-order valence-electron chi connectivity index (χ0n) is 19.1. The molecule has 1 saturated heterocycles. The number of nitrogens with one attached hydrogen (secondary N) is 2. The average molecular weight is 433 g/mol. The molecule has 31 heavy (non-hydrogen) atoms. The normalized spacial score (nSPS) is 16.4. The topological polar surface area (TPSA) is 91.0 Å². The Morgan fingerprint density at radius 2 is 1.84 bits per heavy atom. The predicted octanol–water partition coefficient (Wildman–Crippen LogP) is 3.12. The highest BCUT2D eigenvalue weighted by atomic mass is 16.6. The largest absolute Gasteiger partial charge is 0.444 e. The average Bonchev–Trinajstić information content (AvgIpc) is 2.71. The zero-order chi connectivity index (χ0) is 22.9. The van der Waals surface area contributed by atoms with Gasteiger partial charge in [0.1, 0.15) is 5.60 Å². The maximum Gasteiger partial charge on any atom is 0.407 e. The number of likely N-dealkylation sites (tertiary alicyclic amines) is 1. The van der Waals surface area contributed by atoms with E-state index in [4.69, 9.17) is 4.74 Å². The van der Waals surface area contributed by atoms with E-state index < -0.39 is 11.7 Å². The summed E-state index contributed by atoms with van der Waals surface area (Å²) in [5.41, 5.74) is 0.489. The van der Waals surface area contributed by atoms with Crippen LogP contribution in [0.1, 0.15) is 52.0 Å². The van der Waals surface area contributed by atoms with Crippen molar-refractivity contribution in [2.45, 2.75) is 64.6 Å². The summed E-state index contributed by atoms with van der Waals surface area (Å²) >= 11 is 0. The summed E-state index contributed by atoms with van der Waals surface area (Å²) in [6.07, 6.45) is 2.56. The number of urea groups is 1. The Kier molecular flexibility index (Phi) is 9.15. The number of nitrogens with zero attached hydrogens (tertiary/aromatic N) is 2. The highest BCUT2D eigenvalue weighted by molar-refractivity contribution is 5.78. The minimum Gasteiger partial charge on any atom is -0.444 e. The third-order valence-electron chi connectivity index (χ3n) is 5.05. The van der Waals surface area contributed by atoms with Gasteiger partial charge in [0.15, 0.2) is 0 Å². The van der Waals surface area contributed by atoms with Gasteiger partial charge in [0.2, 0.25) is 5.91 Å². The van der Waals surface area contributed by atoms with E-state index in [-0.39, 0.29) is 30.9 Å². The first-order valence-electron chi connectivity index (χ1n) is 10.9. The molecule has 2 N–H and O–H groups in total. The second-order valence-corrected chi connectivity index (χ2v) is 8.94. The van der Waals surface area contributed by atoms with Crippen molar-refractivity contribution in [3.05, 3.63) is 35.9 Å². The van der Waals surface area contributed by atoms with Gasteiger partial charge in [-0.15, -0.1) is 0 Å². The van der Waals surface area contributed by atoms with E-state index in [1.54, 1.807) is 11.9 Å². The second-order valence-electron chi connectivity index (χ2n) is 8.94. The highest BCUT2D eigenvalue weighted by Crippen LogP contribution is 2.18. The summed E-state index contributed by atoms with van der Waals surface area (Å²) in [7, 11) is 1.73. The molecule has 1 heterocycles. The van der Waals surface area contributed by atoms with Gasteiger partial charge in [-0.1, -0.05) is 30.3 Å². The predicted molar refractivity (Wildman–Crippen MR) is 120 cm³/mol. The smallest absolute Gasteiger partial charge is 0.407 e. The number of ether oxygens (including phenoxy) is 1. The number of rotatable bonds is 7. The fourth-order valence-corrected chi connectivity index (χ4v) is 3.54. The van der Waals surface area contributed by atoms with Crippen LogP contribution in [0.2, 0.25) is 0 Å². The maximum atomic E-state index is 12.7. The third kappa shape index (κ3) is 8.86. The van der Waals surface area contributed by atoms with Crippen LogP contribution in [0.3, 0.4) is 0 Å². The molecule has 1 aliphatic rings.